The Bertz CT molecular complexity index is 968. The van der Waals surface area contributed by atoms with Crippen molar-refractivity contribution in [2.75, 3.05) is 12.9 Å². The molecule has 0 aliphatic heterocycles. The van der Waals surface area contributed by atoms with Crippen LogP contribution in [0.15, 0.2) is 60.0 Å². The van der Waals surface area contributed by atoms with Gasteiger partial charge in [-0.15, -0.1) is 0 Å². The third-order valence-electron chi connectivity index (χ3n) is 4.76. The first-order chi connectivity index (χ1) is 13.5. The van der Waals surface area contributed by atoms with Gasteiger partial charge in [0.2, 0.25) is 5.91 Å². The molecule has 0 saturated carbocycles. The van der Waals surface area contributed by atoms with Crippen molar-refractivity contribution >= 4 is 17.7 Å². The topological polar surface area (TPSA) is 56.1 Å². The molecule has 0 radical (unpaired) electrons. The summed E-state index contributed by atoms with van der Waals surface area (Å²) in [6, 6.07) is 13.8. The molecule has 3 rings (SSSR count). The summed E-state index contributed by atoms with van der Waals surface area (Å²) in [5, 5.41) is 3.84. The second-order valence-electron chi connectivity index (χ2n) is 6.62. The Hall–Kier alpha value is -2.73. The predicted molar refractivity (Wildman–Crippen MR) is 113 cm³/mol. The molecule has 0 saturated heterocycles. The standard InChI is InChI=1S/C22H25N3O2S/c1-15-8-7-10-19(16(15)2)25-13-12-23-22(25)28-14-21(26)24-17(3)18-9-5-6-11-20(18)27-4/h5-13,17H,14H2,1-4H3,(H,24,26)/t17-/m0/s1. The van der Waals surface area contributed by atoms with E-state index in [9.17, 15) is 4.79 Å². The third kappa shape index (κ3) is 4.39. The molecule has 0 spiro atoms. The van der Waals surface area contributed by atoms with Crippen molar-refractivity contribution in [3.63, 3.8) is 0 Å². The van der Waals surface area contributed by atoms with E-state index < -0.39 is 0 Å². The Morgan fingerprint density at radius 3 is 2.79 bits per heavy atom. The summed E-state index contributed by atoms with van der Waals surface area (Å²) < 4.78 is 7.41. The van der Waals surface area contributed by atoms with Crippen molar-refractivity contribution in [2.24, 2.45) is 0 Å². The van der Waals surface area contributed by atoms with E-state index in [4.69, 9.17) is 4.74 Å². The molecule has 146 valence electrons. The summed E-state index contributed by atoms with van der Waals surface area (Å²) in [5.41, 5.74) is 4.48. The zero-order valence-corrected chi connectivity index (χ0v) is 17.4. The Labute approximate surface area is 170 Å². The van der Waals surface area contributed by atoms with Crippen molar-refractivity contribution in [1.82, 2.24) is 14.9 Å². The van der Waals surface area contributed by atoms with Crippen LogP contribution in [0, 0.1) is 13.8 Å². The first kappa shape index (κ1) is 20.0. The number of ether oxygens (including phenoxy) is 1. The fraction of sp³-hybridized carbons (Fsp3) is 0.273. The van der Waals surface area contributed by atoms with Crippen LogP contribution in [0.25, 0.3) is 5.69 Å². The van der Waals surface area contributed by atoms with E-state index in [0.29, 0.717) is 5.75 Å². The SMILES string of the molecule is COc1ccccc1[C@H](C)NC(=O)CSc1nccn1-c1cccc(C)c1C. The molecule has 1 N–H and O–H groups in total. The number of carbonyl (C=O) groups is 1. The summed E-state index contributed by atoms with van der Waals surface area (Å²) >= 11 is 1.43. The van der Waals surface area contributed by atoms with Gasteiger partial charge in [-0.05, 0) is 44.0 Å². The Balaban J connectivity index is 1.66. The molecular weight excluding hydrogens is 370 g/mol. The van der Waals surface area contributed by atoms with Crippen LogP contribution < -0.4 is 10.1 Å². The molecule has 0 fully saturated rings. The number of nitrogens with zero attached hydrogens (tertiary/aromatic N) is 2. The zero-order valence-electron chi connectivity index (χ0n) is 16.6. The summed E-state index contributed by atoms with van der Waals surface area (Å²) in [7, 11) is 1.64. The van der Waals surface area contributed by atoms with Gasteiger partial charge < -0.3 is 10.1 Å². The van der Waals surface area contributed by atoms with Gasteiger partial charge in [0.25, 0.3) is 0 Å². The number of hydrogen-bond acceptors (Lipinski definition) is 4. The van der Waals surface area contributed by atoms with Gasteiger partial charge in [-0.25, -0.2) is 4.98 Å². The fourth-order valence-corrected chi connectivity index (χ4v) is 3.87. The van der Waals surface area contributed by atoms with Crippen LogP contribution in [0.5, 0.6) is 5.75 Å². The van der Waals surface area contributed by atoms with Crippen LogP contribution in [0.1, 0.15) is 29.7 Å². The number of imidazole rings is 1. The number of benzene rings is 2. The zero-order chi connectivity index (χ0) is 20.1. The van der Waals surface area contributed by atoms with Gasteiger partial charge >= 0.3 is 0 Å². The van der Waals surface area contributed by atoms with Crippen molar-refractivity contribution in [3.8, 4) is 11.4 Å². The van der Waals surface area contributed by atoms with Gasteiger partial charge in [-0.1, -0.05) is 42.1 Å². The molecule has 1 heterocycles. The first-order valence-electron chi connectivity index (χ1n) is 9.16. The van der Waals surface area contributed by atoms with Crippen LogP contribution >= 0.6 is 11.8 Å². The van der Waals surface area contributed by atoms with E-state index >= 15 is 0 Å². The average molecular weight is 396 g/mol. The van der Waals surface area contributed by atoms with Gasteiger partial charge in [-0.2, -0.15) is 0 Å². The quantitative estimate of drug-likeness (QED) is 0.600. The highest BCUT2D eigenvalue weighted by molar-refractivity contribution is 7.99. The maximum atomic E-state index is 12.5. The minimum atomic E-state index is -0.136. The second-order valence-corrected chi connectivity index (χ2v) is 7.56. The molecule has 1 aromatic heterocycles. The monoisotopic (exact) mass is 395 g/mol. The summed E-state index contributed by atoms with van der Waals surface area (Å²) in [6.07, 6.45) is 3.69. The number of thioether (sulfide) groups is 1. The Kier molecular flexibility index (Phi) is 6.41. The number of amides is 1. The Morgan fingerprint density at radius 2 is 2.00 bits per heavy atom. The predicted octanol–water partition coefficient (Wildman–Crippen LogP) is 4.47. The molecule has 0 bridgehead atoms. The minimum absolute atomic E-state index is 0.0427. The molecule has 0 aliphatic carbocycles. The van der Waals surface area contributed by atoms with Crippen molar-refractivity contribution in [1.29, 1.82) is 0 Å². The first-order valence-corrected chi connectivity index (χ1v) is 10.1. The highest BCUT2D eigenvalue weighted by Crippen LogP contribution is 2.26. The van der Waals surface area contributed by atoms with Crippen LogP contribution in [0.3, 0.4) is 0 Å². The number of aromatic nitrogens is 2. The smallest absolute Gasteiger partial charge is 0.230 e. The van der Waals surface area contributed by atoms with E-state index in [0.717, 1.165) is 22.2 Å². The summed E-state index contributed by atoms with van der Waals surface area (Å²) in [5.74, 6) is 1.02. The second kappa shape index (κ2) is 8.97. The van der Waals surface area contributed by atoms with Crippen LogP contribution in [0.2, 0.25) is 0 Å². The lowest BCUT2D eigenvalue weighted by Crippen LogP contribution is -2.28. The number of para-hydroxylation sites is 1. The van der Waals surface area contributed by atoms with Gasteiger partial charge in [0, 0.05) is 18.0 Å². The molecule has 5 nitrogen and oxygen atoms in total. The molecule has 0 unspecified atom stereocenters. The number of aryl methyl sites for hydroxylation is 1. The van der Waals surface area contributed by atoms with Crippen LogP contribution in [0.4, 0.5) is 0 Å². The molecule has 1 amide bonds. The number of methoxy groups -OCH3 is 1. The van der Waals surface area contributed by atoms with Crippen molar-refractivity contribution in [2.45, 2.75) is 32.0 Å². The third-order valence-corrected chi connectivity index (χ3v) is 5.72. The fourth-order valence-electron chi connectivity index (χ4n) is 3.09. The van der Waals surface area contributed by atoms with E-state index in [-0.39, 0.29) is 11.9 Å². The van der Waals surface area contributed by atoms with E-state index in [2.05, 4.69) is 36.3 Å². The average Bonchev–Trinajstić information content (AvgIpc) is 3.16. The summed E-state index contributed by atoms with van der Waals surface area (Å²) in [6.45, 7) is 6.15. The number of carbonyl (C=O) groups excluding carboxylic acids is 1. The Morgan fingerprint density at radius 1 is 1.21 bits per heavy atom. The molecule has 3 aromatic rings. The maximum absolute atomic E-state index is 12.5. The van der Waals surface area contributed by atoms with Gasteiger partial charge in [0.15, 0.2) is 5.16 Å². The lowest BCUT2D eigenvalue weighted by atomic mass is 10.1. The van der Waals surface area contributed by atoms with Gasteiger partial charge in [0.1, 0.15) is 5.75 Å². The van der Waals surface area contributed by atoms with Crippen LogP contribution in [-0.2, 0) is 4.79 Å². The molecule has 2 aromatic carbocycles. The summed E-state index contributed by atoms with van der Waals surface area (Å²) in [4.78, 5) is 16.9. The highest BCUT2D eigenvalue weighted by Gasteiger charge is 2.15. The van der Waals surface area contributed by atoms with Crippen LogP contribution in [-0.4, -0.2) is 28.3 Å². The van der Waals surface area contributed by atoms with E-state index in [1.165, 1.54) is 22.9 Å². The molecule has 28 heavy (non-hydrogen) atoms. The lowest BCUT2D eigenvalue weighted by molar-refractivity contribution is -0.119. The van der Waals surface area contributed by atoms with Gasteiger partial charge in [0.05, 0.1) is 24.6 Å². The normalized spacial score (nSPS) is 11.9. The molecule has 1 atom stereocenters. The highest BCUT2D eigenvalue weighted by atomic mass is 32.2. The maximum Gasteiger partial charge on any atom is 0.230 e. The minimum Gasteiger partial charge on any atom is -0.496 e. The van der Waals surface area contributed by atoms with E-state index in [1.807, 2.05) is 48.0 Å². The molecule has 0 aliphatic rings. The number of hydrogen-bond donors (Lipinski definition) is 1. The molecule has 6 heteroatoms. The number of rotatable bonds is 7. The van der Waals surface area contributed by atoms with Crippen molar-refractivity contribution in [3.05, 3.63) is 71.5 Å². The lowest BCUT2D eigenvalue weighted by Gasteiger charge is -2.17. The van der Waals surface area contributed by atoms with Gasteiger partial charge in [-0.3, -0.25) is 9.36 Å². The van der Waals surface area contributed by atoms with E-state index in [1.54, 1.807) is 13.3 Å². The molecular formula is C22H25N3O2S. The number of nitrogens with one attached hydrogen (secondary N) is 1. The largest absolute Gasteiger partial charge is 0.496 e. The van der Waals surface area contributed by atoms with Crippen molar-refractivity contribution < 1.29 is 9.53 Å².